The van der Waals surface area contributed by atoms with Gasteiger partial charge >= 0.3 is 5.63 Å². The van der Waals surface area contributed by atoms with E-state index in [0.29, 0.717) is 37.7 Å². The molecule has 0 atom stereocenters. The minimum Gasteiger partial charge on any atom is -0.508 e. The van der Waals surface area contributed by atoms with E-state index in [1.54, 1.807) is 6.07 Å². The van der Waals surface area contributed by atoms with Crippen molar-refractivity contribution in [2.45, 2.75) is 24.8 Å². The van der Waals surface area contributed by atoms with Gasteiger partial charge in [-0.1, -0.05) is 6.92 Å². The zero-order valence-corrected chi connectivity index (χ0v) is 18.2. The van der Waals surface area contributed by atoms with Gasteiger partial charge in [0.15, 0.2) is 11.6 Å². The molecule has 1 N–H and O–H groups in total. The number of phenolic OH excluding ortho intramolecular Hbond substituents is 1. The Bertz CT molecular complexity index is 1330. The third kappa shape index (κ3) is 4.25. The number of aromatic hydroxyl groups is 1. The van der Waals surface area contributed by atoms with Gasteiger partial charge in [0.05, 0.1) is 4.90 Å². The first-order chi connectivity index (χ1) is 15.2. The molecule has 1 fully saturated rings. The summed E-state index contributed by atoms with van der Waals surface area (Å²) in [7, 11) is -3.95. The molecule has 32 heavy (non-hydrogen) atoms. The summed E-state index contributed by atoms with van der Waals surface area (Å²) in [5.41, 5.74) is 1.22. The van der Waals surface area contributed by atoms with E-state index in [4.69, 9.17) is 4.42 Å². The zero-order valence-electron chi connectivity index (χ0n) is 17.3. The highest BCUT2D eigenvalue weighted by molar-refractivity contribution is 7.89. The molecule has 1 aliphatic rings. The van der Waals surface area contributed by atoms with Gasteiger partial charge in [-0.2, -0.15) is 4.31 Å². The Morgan fingerprint density at radius 3 is 2.38 bits per heavy atom. The topological polar surface area (TPSA) is 91.1 Å². The smallest absolute Gasteiger partial charge is 0.336 e. The Labute approximate surface area is 183 Å². The van der Waals surface area contributed by atoms with Crippen molar-refractivity contribution in [1.29, 1.82) is 0 Å². The molecule has 1 aliphatic heterocycles. The van der Waals surface area contributed by atoms with Gasteiger partial charge in [0.1, 0.15) is 11.3 Å². The Hall–Kier alpha value is -2.82. The second kappa shape index (κ2) is 8.61. The number of halogens is 2. The van der Waals surface area contributed by atoms with Gasteiger partial charge in [-0.3, -0.25) is 4.90 Å². The molecule has 2 heterocycles. The molecule has 0 saturated carbocycles. The molecule has 0 spiro atoms. The first-order valence-corrected chi connectivity index (χ1v) is 11.6. The summed E-state index contributed by atoms with van der Waals surface area (Å²) in [5.74, 6) is -2.25. The van der Waals surface area contributed by atoms with Gasteiger partial charge in [-0.15, -0.1) is 0 Å². The van der Waals surface area contributed by atoms with Crippen LogP contribution in [0.25, 0.3) is 11.0 Å². The molecule has 0 bridgehead atoms. The van der Waals surface area contributed by atoms with Crippen molar-refractivity contribution >= 4 is 21.0 Å². The lowest BCUT2D eigenvalue weighted by Gasteiger charge is -2.34. The monoisotopic (exact) mass is 464 g/mol. The van der Waals surface area contributed by atoms with E-state index >= 15 is 0 Å². The molecule has 0 aliphatic carbocycles. The first kappa shape index (κ1) is 22.4. The van der Waals surface area contributed by atoms with Crippen LogP contribution in [0, 0.1) is 11.6 Å². The standard InChI is InChI=1S/C22H22F2N2O5S/c1-2-14-9-17-15(10-22(28)31-21(17)12-20(14)27)13-25-5-7-26(8-6-25)32(29,30)16-3-4-18(23)19(24)11-16/h3-4,9-12,27H,2,5-8,13H2,1H3. The fraction of sp³-hybridized carbons (Fsp3) is 0.318. The van der Waals surface area contributed by atoms with E-state index < -0.39 is 27.3 Å². The lowest BCUT2D eigenvalue weighted by Crippen LogP contribution is -2.48. The van der Waals surface area contributed by atoms with Crippen molar-refractivity contribution in [2.24, 2.45) is 0 Å². The quantitative estimate of drug-likeness (QED) is 0.584. The van der Waals surface area contributed by atoms with Gasteiger partial charge in [0.2, 0.25) is 10.0 Å². The number of benzene rings is 2. The largest absolute Gasteiger partial charge is 0.508 e. The van der Waals surface area contributed by atoms with Crippen LogP contribution in [0.15, 0.2) is 50.5 Å². The van der Waals surface area contributed by atoms with Crippen molar-refractivity contribution in [3.8, 4) is 5.75 Å². The van der Waals surface area contributed by atoms with Crippen LogP contribution in [0.1, 0.15) is 18.1 Å². The summed E-state index contributed by atoms with van der Waals surface area (Å²) >= 11 is 0. The number of hydrogen-bond donors (Lipinski definition) is 1. The Balaban J connectivity index is 1.52. The number of fused-ring (bicyclic) bond motifs is 1. The molecule has 170 valence electrons. The van der Waals surface area contributed by atoms with E-state index in [2.05, 4.69) is 0 Å². The minimum atomic E-state index is -3.95. The molecular formula is C22H22F2N2O5S. The maximum Gasteiger partial charge on any atom is 0.336 e. The number of piperazine rings is 1. The lowest BCUT2D eigenvalue weighted by molar-refractivity contribution is 0.182. The second-order valence-corrected chi connectivity index (χ2v) is 9.62. The molecule has 1 saturated heterocycles. The SMILES string of the molecule is CCc1cc2c(CN3CCN(S(=O)(=O)c4ccc(F)c(F)c4)CC3)cc(=O)oc2cc1O. The van der Waals surface area contributed by atoms with Crippen molar-refractivity contribution in [2.75, 3.05) is 26.2 Å². The molecular weight excluding hydrogens is 442 g/mol. The number of sulfonamides is 1. The van der Waals surface area contributed by atoms with Gasteiger partial charge < -0.3 is 9.52 Å². The van der Waals surface area contributed by atoms with Gasteiger partial charge in [-0.05, 0) is 41.8 Å². The van der Waals surface area contributed by atoms with E-state index in [1.807, 2.05) is 11.8 Å². The summed E-state index contributed by atoms with van der Waals surface area (Å²) in [6.45, 7) is 3.43. The molecule has 4 rings (SSSR count). The molecule has 0 unspecified atom stereocenters. The normalized spacial score (nSPS) is 16.0. The summed E-state index contributed by atoms with van der Waals surface area (Å²) in [6.07, 6.45) is 0.612. The van der Waals surface area contributed by atoms with Crippen LogP contribution in [0.3, 0.4) is 0 Å². The average molecular weight is 464 g/mol. The van der Waals surface area contributed by atoms with Crippen molar-refractivity contribution in [1.82, 2.24) is 9.21 Å². The Morgan fingerprint density at radius 2 is 1.72 bits per heavy atom. The van der Waals surface area contributed by atoms with E-state index in [0.717, 1.165) is 28.6 Å². The summed E-state index contributed by atoms with van der Waals surface area (Å²) in [6, 6.07) is 7.18. The fourth-order valence-electron chi connectivity index (χ4n) is 3.88. The summed E-state index contributed by atoms with van der Waals surface area (Å²) < 4.78 is 58.7. The maximum absolute atomic E-state index is 13.5. The fourth-order valence-corrected chi connectivity index (χ4v) is 5.31. The van der Waals surface area contributed by atoms with Gasteiger partial charge in [-0.25, -0.2) is 22.0 Å². The number of phenols is 1. The molecule has 0 amide bonds. The van der Waals surface area contributed by atoms with Crippen LogP contribution in [0.5, 0.6) is 5.75 Å². The van der Waals surface area contributed by atoms with Gasteiger partial charge in [0.25, 0.3) is 0 Å². The number of aryl methyl sites for hydroxylation is 1. The first-order valence-electron chi connectivity index (χ1n) is 10.1. The number of rotatable bonds is 5. The van der Waals surface area contributed by atoms with E-state index in [1.165, 1.54) is 16.4 Å². The summed E-state index contributed by atoms with van der Waals surface area (Å²) in [4.78, 5) is 13.7. The van der Waals surface area contributed by atoms with Gasteiger partial charge in [0, 0.05) is 50.2 Å². The molecule has 1 aromatic heterocycles. The van der Waals surface area contributed by atoms with Crippen LogP contribution in [-0.4, -0.2) is 48.9 Å². The van der Waals surface area contributed by atoms with Crippen molar-refractivity contribution in [3.63, 3.8) is 0 Å². The number of hydrogen-bond acceptors (Lipinski definition) is 6. The highest BCUT2D eigenvalue weighted by atomic mass is 32.2. The maximum atomic E-state index is 13.5. The predicted molar refractivity (Wildman–Crippen MR) is 114 cm³/mol. The third-order valence-corrected chi connectivity index (χ3v) is 7.56. The summed E-state index contributed by atoms with van der Waals surface area (Å²) in [5, 5.41) is 10.8. The molecule has 7 nitrogen and oxygen atoms in total. The van der Waals surface area contributed by atoms with Crippen LogP contribution in [0.2, 0.25) is 0 Å². The lowest BCUT2D eigenvalue weighted by atomic mass is 10.0. The molecule has 0 radical (unpaired) electrons. The minimum absolute atomic E-state index is 0.0661. The third-order valence-electron chi connectivity index (χ3n) is 5.66. The highest BCUT2D eigenvalue weighted by Gasteiger charge is 2.29. The van der Waals surface area contributed by atoms with Crippen molar-refractivity contribution in [3.05, 3.63) is 69.6 Å². The van der Waals surface area contributed by atoms with Crippen LogP contribution in [-0.2, 0) is 23.0 Å². The molecule has 10 heteroatoms. The van der Waals surface area contributed by atoms with Crippen LogP contribution in [0.4, 0.5) is 8.78 Å². The van der Waals surface area contributed by atoms with Crippen molar-refractivity contribution < 1.29 is 26.7 Å². The Kier molecular flexibility index (Phi) is 6.02. The van der Waals surface area contributed by atoms with Crippen LogP contribution < -0.4 is 5.63 Å². The van der Waals surface area contributed by atoms with Crippen LogP contribution >= 0.6 is 0 Å². The highest BCUT2D eigenvalue weighted by Crippen LogP contribution is 2.28. The molecule has 2 aromatic carbocycles. The molecule has 3 aromatic rings. The van der Waals surface area contributed by atoms with E-state index in [-0.39, 0.29) is 23.7 Å². The zero-order chi connectivity index (χ0) is 23.0. The number of nitrogens with zero attached hydrogens (tertiary/aromatic N) is 2. The second-order valence-electron chi connectivity index (χ2n) is 7.68. The van der Waals surface area contributed by atoms with E-state index in [9.17, 15) is 27.1 Å². The Morgan fingerprint density at radius 1 is 1.00 bits per heavy atom. The predicted octanol–water partition coefficient (Wildman–Crippen LogP) is 2.85. The average Bonchev–Trinajstić information content (AvgIpc) is 2.75.